The Morgan fingerprint density at radius 3 is 2.73 bits per heavy atom. The first kappa shape index (κ1) is 22.8. The van der Waals surface area contributed by atoms with Crippen molar-refractivity contribution in [1.29, 1.82) is 5.26 Å². The number of halogens is 1. The average molecular weight is 477 g/mol. The summed E-state index contributed by atoms with van der Waals surface area (Å²) >= 11 is 6.34. The maximum Gasteiger partial charge on any atom is 0.240 e. The van der Waals surface area contributed by atoms with Crippen LogP contribution in [-0.4, -0.2) is 44.0 Å². The van der Waals surface area contributed by atoms with Gasteiger partial charge in [-0.25, -0.2) is 18.1 Å². The van der Waals surface area contributed by atoms with E-state index in [0.29, 0.717) is 40.6 Å². The number of nitriles is 1. The lowest BCUT2D eigenvalue weighted by Gasteiger charge is -2.12. The average Bonchev–Trinajstić information content (AvgIpc) is 3.20. The van der Waals surface area contributed by atoms with Crippen molar-refractivity contribution in [2.24, 2.45) is 0 Å². The number of rotatable bonds is 8. The van der Waals surface area contributed by atoms with Crippen LogP contribution in [0, 0.1) is 11.3 Å². The third-order valence-electron chi connectivity index (χ3n) is 4.87. The Balaban J connectivity index is 1.45. The largest absolute Gasteiger partial charge is 0.370 e. The topological polar surface area (TPSA) is 112 Å². The van der Waals surface area contributed by atoms with E-state index in [-0.39, 0.29) is 17.0 Å². The smallest absolute Gasteiger partial charge is 0.240 e. The molecule has 0 saturated heterocycles. The number of sulfonamides is 1. The van der Waals surface area contributed by atoms with Crippen LogP contribution < -0.4 is 15.5 Å². The standard InChI is InChI=1S/C22H18BClN6O2S/c23-18-14-27-30-21(12-20(29-22(18)30)17-7-1-2-8-19(17)24)26-9-4-10-28-33(31,32)16-6-3-5-15(11-16)13-25/h1-3,5-8,11-12,14,26,28H,4,9-10H2. The van der Waals surface area contributed by atoms with E-state index in [0.717, 1.165) is 5.56 Å². The number of nitrogens with one attached hydrogen (secondary N) is 2. The molecular formula is C22H18BClN6O2S. The van der Waals surface area contributed by atoms with E-state index in [2.05, 4.69) is 20.1 Å². The molecule has 0 amide bonds. The summed E-state index contributed by atoms with van der Waals surface area (Å²) in [5.41, 5.74) is 2.61. The highest BCUT2D eigenvalue weighted by molar-refractivity contribution is 7.89. The minimum atomic E-state index is -3.70. The molecule has 0 aliphatic rings. The Hall–Kier alpha value is -3.39. The maximum atomic E-state index is 12.5. The Morgan fingerprint density at radius 2 is 1.94 bits per heavy atom. The van der Waals surface area contributed by atoms with E-state index >= 15 is 0 Å². The minimum absolute atomic E-state index is 0.0572. The van der Waals surface area contributed by atoms with Crippen LogP contribution in [0.4, 0.5) is 5.82 Å². The number of hydrogen-bond donors (Lipinski definition) is 2. The van der Waals surface area contributed by atoms with Gasteiger partial charge < -0.3 is 5.32 Å². The molecule has 0 unspecified atom stereocenters. The second kappa shape index (κ2) is 9.62. The Bertz CT molecular complexity index is 1470. The molecule has 2 aromatic carbocycles. The van der Waals surface area contributed by atoms with Crippen molar-refractivity contribution in [3.05, 3.63) is 71.4 Å². The molecular weight excluding hydrogens is 459 g/mol. The van der Waals surface area contributed by atoms with Crippen LogP contribution in [0.5, 0.6) is 0 Å². The third-order valence-corrected chi connectivity index (χ3v) is 6.66. The van der Waals surface area contributed by atoms with Crippen molar-refractivity contribution in [1.82, 2.24) is 19.3 Å². The molecule has 0 bridgehead atoms. The van der Waals surface area contributed by atoms with Gasteiger partial charge in [-0.1, -0.05) is 35.9 Å². The van der Waals surface area contributed by atoms with Crippen LogP contribution in [0.15, 0.2) is 65.7 Å². The normalized spacial score (nSPS) is 11.4. The predicted octanol–water partition coefficient (Wildman–Crippen LogP) is 2.50. The van der Waals surface area contributed by atoms with Gasteiger partial charge in [0.25, 0.3) is 0 Å². The van der Waals surface area contributed by atoms with Crippen molar-refractivity contribution in [2.75, 3.05) is 18.4 Å². The van der Waals surface area contributed by atoms with Gasteiger partial charge >= 0.3 is 0 Å². The summed E-state index contributed by atoms with van der Waals surface area (Å²) in [7, 11) is 2.32. The second-order valence-corrected chi connectivity index (χ2v) is 9.33. The number of fused-ring (bicyclic) bond motifs is 1. The highest BCUT2D eigenvalue weighted by atomic mass is 35.5. The summed E-state index contributed by atoms with van der Waals surface area (Å²) in [5, 5.41) is 17.1. The summed E-state index contributed by atoms with van der Waals surface area (Å²) in [6, 6.07) is 17.0. The summed E-state index contributed by atoms with van der Waals surface area (Å²) in [6.45, 7) is 0.667. The molecule has 2 radical (unpaired) electrons. The van der Waals surface area contributed by atoms with E-state index in [4.69, 9.17) is 24.7 Å². The van der Waals surface area contributed by atoms with Crippen molar-refractivity contribution >= 4 is 46.4 Å². The first-order valence-corrected chi connectivity index (χ1v) is 11.9. The molecule has 2 aromatic heterocycles. The Kier molecular flexibility index (Phi) is 6.65. The molecule has 0 atom stereocenters. The van der Waals surface area contributed by atoms with Gasteiger partial charge in [-0.15, -0.1) is 0 Å². The van der Waals surface area contributed by atoms with Gasteiger partial charge in [0.2, 0.25) is 10.0 Å². The molecule has 8 nitrogen and oxygen atoms in total. The van der Waals surface area contributed by atoms with Crippen LogP contribution in [0.25, 0.3) is 16.9 Å². The van der Waals surface area contributed by atoms with Crippen molar-refractivity contribution in [3.63, 3.8) is 0 Å². The van der Waals surface area contributed by atoms with E-state index in [1.54, 1.807) is 16.6 Å². The second-order valence-electron chi connectivity index (χ2n) is 7.16. The van der Waals surface area contributed by atoms with Gasteiger partial charge in [-0.05, 0) is 36.1 Å². The summed E-state index contributed by atoms with van der Waals surface area (Å²) in [5.74, 6) is 0.649. The molecule has 33 heavy (non-hydrogen) atoms. The molecule has 4 rings (SSSR count). The van der Waals surface area contributed by atoms with Crippen LogP contribution in [0.2, 0.25) is 5.02 Å². The van der Waals surface area contributed by atoms with Crippen LogP contribution >= 0.6 is 11.6 Å². The SMILES string of the molecule is [B]c1cnn2c(NCCCNS(=O)(=O)c3cccc(C#N)c3)cc(-c3ccccc3Cl)nc12. The fourth-order valence-corrected chi connectivity index (χ4v) is 4.59. The maximum absolute atomic E-state index is 12.5. The Labute approximate surface area is 197 Å². The molecule has 0 saturated carbocycles. The Morgan fingerprint density at radius 1 is 1.12 bits per heavy atom. The monoisotopic (exact) mass is 476 g/mol. The van der Waals surface area contributed by atoms with Crippen molar-refractivity contribution in [3.8, 4) is 17.3 Å². The summed E-state index contributed by atoms with van der Waals surface area (Å²) < 4.78 is 29.0. The molecule has 4 aromatic rings. The zero-order chi connectivity index (χ0) is 23.4. The van der Waals surface area contributed by atoms with E-state index < -0.39 is 10.0 Å². The number of hydrogen-bond acceptors (Lipinski definition) is 6. The van der Waals surface area contributed by atoms with Crippen LogP contribution in [0.1, 0.15) is 12.0 Å². The highest BCUT2D eigenvalue weighted by Gasteiger charge is 2.15. The lowest BCUT2D eigenvalue weighted by molar-refractivity contribution is 0.580. The quantitative estimate of drug-likeness (QED) is 0.298. The van der Waals surface area contributed by atoms with Crippen LogP contribution in [-0.2, 0) is 10.0 Å². The number of anilines is 1. The zero-order valence-electron chi connectivity index (χ0n) is 17.4. The number of nitrogens with zero attached hydrogens (tertiary/aromatic N) is 4. The van der Waals surface area contributed by atoms with Gasteiger partial charge in [0.1, 0.15) is 13.7 Å². The van der Waals surface area contributed by atoms with Gasteiger partial charge in [-0.3, -0.25) is 0 Å². The van der Waals surface area contributed by atoms with Crippen molar-refractivity contribution in [2.45, 2.75) is 11.3 Å². The minimum Gasteiger partial charge on any atom is -0.370 e. The molecule has 0 aliphatic carbocycles. The van der Waals surface area contributed by atoms with E-state index in [9.17, 15) is 8.42 Å². The lowest BCUT2D eigenvalue weighted by Crippen LogP contribution is -2.26. The number of benzene rings is 2. The molecule has 0 fully saturated rings. The fraction of sp³-hybridized carbons (Fsp3) is 0.136. The predicted molar refractivity (Wildman–Crippen MR) is 128 cm³/mol. The molecule has 0 aliphatic heterocycles. The third kappa shape index (κ3) is 5.01. The van der Waals surface area contributed by atoms with Crippen LogP contribution in [0.3, 0.4) is 0 Å². The highest BCUT2D eigenvalue weighted by Crippen LogP contribution is 2.28. The summed E-state index contributed by atoms with van der Waals surface area (Å²) in [6.07, 6.45) is 2.02. The first-order chi connectivity index (χ1) is 15.9. The molecule has 2 heterocycles. The number of aromatic nitrogens is 3. The molecule has 11 heteroatoms. The van der Waals surface area contributed by atoms with E-state index in [1.165, 1.54) is 24.4 Å². The van der Waals surface area contributed by atoms with Gasteiger partial charge in [0, 0.05) is 35.9 Å². The fourth-order valence-electron chi connectivity index (χ4n) is 3.24. The first-order valence-electron chi connectivity index (χ1n) is 10.0. The lowest BCUT2D eigenvalue weighted by atomic mass is 10.0. The molecule has 2 N–H and O–H groups in total. The van der Waals surface area contributed by atoms with Gasteiger partial charge in [0.05, 0.1) is 22.2 Å². The van der Waals surface area contributed by atoms with E-state index in [1.807, 2.05) is 30.3 Å². The zero-order valence-corrected chi connectivity index (χ0v) is 18.9. The van der Waals surface area contributed by atoms with Crippen molar-refractivity contribution < 1.29 is 8.42 Å². The van der Waals surface area contributed by atoms with Gasteiger partial charge in [-0.2, -0.15) is 14.9 Å². The summed E-state index contributed by atoms with van der Waals surface area (Å²) in [4.78, 5) is 4.64. The van der Waals surface area contributed by atoms with Gasteiger partial charge in [0.15, 0.2) is 5.65 Å². The molecule has 164 valence electrons. The molecule has 0 spiro atoms.